The summed E-state index contributed by atoms with van der Waals surface area (Å²) in [5, 5.41) is 12.7. The molecule has 7 heteroatoms. The van der Waals surface area contributed by atoms with Crippen molar-refractivity contribution >= 4 is 17.9 Å². The third kappa shape index (κ3) is 5.44. The van der Waals surface area contributed by atoms with E-state index in [1.165, 1.54) is 0 Å². The number of nitrogens with zero attached hydrogens (tertiary/aromatic N) is 1. The smallest absolute Gasteiger partial charge is 0.328 e. The van der Waals surface area contributed by atoms with E-state index < -0.39 is 17.9 Å². The minimum atomic E-state index is -1.26. The SMILES string of the molecule is Cc1cccnc1CNC(=O)NC(=O)C=CC(=O)O. The van der Waals surface area contributed by atoms with Crippen LogP contribution in [0.5, 0.6) is 0 Å². The summed E-state index contributed by atoms with van der Waals surface area (Å²) >= 11 is 0. The Bertz CT molecular complexity index is 525. The predicted octanol–water partition coefficient (Wildman–Crippen LogP) is 0.357. The average molecular weight is 263 g/mol. The number of rotatable bonds is 4. The van der Waals surface area contributed by atoms with Crippen LogP contribution in [0.4, 0.5) is 4.79 Å². The standard InChI is InChI=1S/C12H13N3O4/c1-8-3-2-6-13-9(8)7-14-12(19)15-10(16)4-5-11(17)18/h2-6H,7H2,1H3,(H,17,18)(H2,14,15,16,19). The minimum absolute atomic E-state index is 0.175. The summed E-state index contributed by atoms with van der Waals surface area (Å²) in [5.41, 5.74) is 1.60. The molecule has 0 unspecified atom stereocenters. The Labute approximate surface area is 109 Å². The third-order valence-electron chi connectivity index (χ3n) is 2.15. The number of aromatic nitrogens is 1. The Kier molecular flexibility index (Phi) is 5.21. The van der Waals surface area contributed by atoms with Gasteiger partial charge >= 0.3 is 12.0 Å². The number of amides is 3. The first-order valence-corrected chi connectivity index (χ1v) is 5.39. The van der Waals surface area contributed by atoms with E-state index in [1.54, 1.807) is 12.3 Å². The molecule has 1 heterocycles. The molecule has 3 N–H and O–H groups in total. The van der Waals surface area contributed by atoms with Crippen LogP contribution in [-0.2, 0) is 16.1 Å². The van der Waals surface area contributed by atoms with Crippen molar-refractivity contribution in [1.82, 2.24) is 15.6 Å². The molecule has 0 fully saturated rings. The first-order valence-electron chi connectivity index (χ1n) is 5.39. The predicted molar refractivity (Wildman–Crippen MR) is 66.1 cm³/mol. The zero-order chi connectivity index (χ0) is 14.3. The fraction of sp³-hybridized carbons (Fsp3) is 0.167. The van der Waals surface area contributed by atoms with Gasteiger partial charge in [-0.3, -0.25) is 15.1 Å². The van der Waals surface area contributed by atoms with Gasteiger partial charge in [-0.15, -0.1) is 0 Å². The van der Waals surface area contributed by atoms with Gasteiger partial charge in [0.2, 0.25) is 0 Å². The van der Waals surface area contributed by atoms with Crippen LogP contribution in [0.1, 0.15) is 11.3 Å². The van der Waals surface area contributed by atoms with Gasteiger partial charge in [-0.2, -0.15) is 0 Å². The zero-order valence-corrected chi connectivity index (χ0v) is 10.2. The van der Waals surface area contributed by atoms with Crippen molar-refractivity contribution in [2.45, 2.75) is 13.5 Å². The zero-order valence-electron chi connectivity index (χ0n) is 10.2. The summed E-state index contributed by atoms with van der Waals surface area (Å²) in [6.07, 6.45) is 3.00. The molecular weight excluding hydrogens is 250 g/mol. The van der Waals surface area contributed by atoms with E-state index in [-0.39, 0.29) is 6.54 Å². The molecule has 0 saturated heterocycles. The number of hydrogen-bond acceptors (Lipinski definition) is 4. The van der Waals surface area contributed by atoms with E-state index in [0.29, 0.717) is 11.8 Å². The van der Waals surface area contributed by atoms with Crippen molar-refractivity contribution in [3.8, 4) is 0 Å². The highest BCUT2D eigenvalue weighted by molar-refractivity contribution is 6.02. The van der Waals surface area contributed by atoms with Crippen molar-refractivity contribution in [1.29, 1.82) is 0 Å². The first-order chi connectivity index (χ1) is 8.99. The lowest BCUT2D eigenvalue weighted by atomic mass is 10.2. The number of aryl methyl sites for hydroxylation is 1. The molecule has 0 spiro atoms. The second-order valence-electron chi connectivity index (χ2n) is 3.61. The molecule has 1 aromatic heterocycles. The van der Waals surface area contributed by atoms with Crippen LogP contribution in [0.15, 0.2) is 30.5 Å². The first kappa shape index (κ1) is 14.4. The number of carboxylic acid groups (broad SMARTS) is 1. The maximum atomic E-state index is 11.3. The Morgan fingerprint density at radius 3 is 2.74 bits per heavy atom. The van der Waals surface area contributed by atoms with Gasteiger partial charge in [0.25, 0.3) is 5.91 Å². The fourth-order valence-corrected chi connectivity index (χ4v) is 1.21. The molecule has 0 aliphatic rings. The van der Waals surface area contributed by atoms with Crippen LogP contribution in [-0.4, -0.2) is 28.0 Å². The van der Waals surface area contributed by atoms with Crippen molar-refractivity contribution in [3.05, 3.63) is 41.7 Å². The summed E-state index contributed by atoms with van der Waals surface area (Å²) < 4.78 is 0. The number of hydrogen-bond donors (Lipinski definition) is 3. The highest BCUT2D eigenvalue weighted by atomic mass is 16.4. The number of carbonyl (C=O) groups is 3. The van der Waals surface area contributed by atoms with E-state index in [9.17, 15) is 14.4 Å². The van der Waals surface area contributed by atoms with Gasteiger partial charge in [0.1, 0.15) is 0 Å². The number of pyridine rings is 1. The lowest BCUT2D eigenvalue weighted by molar-refractivity contribution is -0.131. The van der Waals surface area contributed by atoms with Gasteiger partial charge in [0.15, 0.2) is 0 Å². The summed E-state index contributed by atoms with van der Waals surface area (Å²) in [6.45, 7) is 2.02. The summed E-state index contributed by atoms with van der Waals surface area (Å²) in [5.74, 6) is -2.07. The molecule has 1 rings (SSSR count). The number of imide groups is 1. The Hall–Kier alpha value is -2.70. The number of carbonyl (C=O) groups excluding carboxylic acids is 2. The molecule has 100 valence electrons. The number of carboxylic acids is 1. The number of nitrogens with one attached hydrogen (secondary N) is 2. The van der Waals surface area contributed by atoms with Crippen LogP contribution < -0.4 is 10.6 Å². The Morgan fingerprint density at radius 1 is 1.37 bits per heavy atom. The molecule has 7 nitrogen and oxygen atoms in total. The van der Waals surface area contributed by atoms with Crippen LogP contribution in [0.3, 0.4) is 0 Å². The van der Waals surface area contributed by atoms with E-state index in [2.05, 4.69) is 10.3 Å². The number of urea groups is 1. The summed E-state index contributed by atoms with van der Waals surface area (Å²) in [6, 6.07) is 2.91. The lowest BCUT2D eigenvalue weighted by Gasteiger charge is -2.06. The van der Waals surface area contributed by atoms with Crippen LogP contribution >= 0.6 is 0 Å². The van der Waals surface area contributed by atoms with E-state index in [0.717, 1.165) is 11.6 Å². The van der Waals surface area contributed by atoms with Crippen LogP contribution in [0, 0.1) is 6.92 Å². The molecule has 1 aromatic rings. The molecule has 0 saturated carbocycles. The molecule has 0 aromatic carbocycles. The molecule has 0 atom stereocenters. The van der Waals surface area contributed by atoms with Gasteiger partial charge in [0, 0.05) is 18.3 Å². The highest BCUT2D eigenvalue weighted by Gasteiger charge is 2.06. The van der Waals surface area contributed by atoms with Gasteiger partial charge < -0.3 is 10.4 Å². The second kappa shape index (κ2) is 6.90. The quantitative estimate of drug-likeness (QED) is 0.679. The number of aliphatic carboxylic acids is 1. The van der Waals surface area contributed by atoms with E-state index in [1.807, 2.05) is 18.3 Å². The third-order valence-corrected chi connectivity index (χ3v) is 2.15. The summed E-state index contributed by atoms with van der Waals surface area (Å²) in [4.78, 5) is 36.7. The van der Waals surface area contributed by atoms with Crippen LogP contribution in [0.25, 0.3) is 0 Å². The highest BCUT2D eigenvalue weighted by Crippen LogP contribution is 2.01. The maximum absolute atomic E-state index is 11.3. The van der Waals surface area contributed by atoms with Gasteiger partial charge in [-0.1, -0.05) is 6.07 Å². The van der Waals surface area contributed by atoms with E-state index in [4.69, 9.17) is 5.11 Å². The molecule has 0 aliphatic heterocycles. The van der Waals surface area contributed by atoms with Crippen molar-refractivity contribution < 1.29 is 19.5 Å². The lowest BCUT2D eigenvalue weighted by Crippen LogP contribution is -2.38. The minimum Gasteiger partial charge on any atom is -0.478 e. The molecule has 0 bridgehead atoms. The summed E-state index contributed by atoms with van der Waals surface area (Å²) in [7, 11) is 0. The van der Waals surface area contributed by atoms with Crippen molar-refractivity contribution in [2.24, 2.45) is 0 Å². The van der Waals surface area contributed by atoms with Crippen molar-refractivity contribution in [2.75, 3.05) is 0 Å². The fourth-order valence-electron chi connectivity index (χ4n) is 1.21. The van der Waals surface area contributed by atoms with Gasteiger partial charge in [-0.25, -0.2) is 9.59 Å². The van der Waals surface area contributed by atoms with Crippen molar-refractivity contribution in [3.63, 3.8) is 0 Å². The topological polar surface area (TPSA) is 108 Å². The van der Waals surface area contributed by atoms with Gasteiger partial charge in [-0.05, 0) is 18.6 Å². The molecule has 0 radical (unpaired) electrons. The normalized spacial score (nSPS) is 10.2. The molecule has 19 heavy (non-hydrogen) atoms. The monoisotopic (exact) mass is 263 g/mol. The molecule has 3 amide bonds. The Morgan fingerprint density at radius 2 is 2.11 bits per heavy atom. The molecular formula is C12H13N3O4. The maximum Gasteiger partial charge on any atom is 0.328 e. The Balaban J connectivity index is 2.42. The van der Waals surface area contributed by atoms with E-state index >= 15 is 0 Å². The molecule has 0 aliphatic carbocycles. The van der Waals surface area contributed by atoms with Gasteiger partial charge in [0.05, 0.1) is 12.2 Å². The van der Waals surface area contributed by atoms with Crippen LogP contribution in [0.2, 0.25) is 0 Å². The second-order valence-corrected chi connectivity index (χ2v) is 3.61. The largest absolute Gasteiger partial charge is 0.478 e. The average Bonchev–Trinajstić information content (AvgIpc) is 2.35.